The molecular formula is C15H20N2O5S. The second kappa shape index (κ2) is 6.01. The molecule has 2 aliphatic heterocycles. The van der Waals surface area contributed by atoms with Gasteiger partial charge in [-0.3, -0.25) is 4.79 Å². The van der Waals surface area contributed by atoms with Crippen LogP contribution >= 0.6 is 0 Å². The summed E-state index contributed by atoms with van der Waals surface area (Å²) in [5.41, 5.74) is 0. The Morgan fingerprint density at radius 1 is 1.26 bits per heavy atom. The first-order valence-electron chi connectivity index (χ1n) is 7.47. The largest absolute Gasteiger partial charge is 0.497 e. The van der Waals surface area contributed by atoms with E-state index in [1.807, 2.05) is 0 Å². The molecule has 0 radical (unpaired) electrons. The van der Waals surface area contributed by atoms with Crippen LogP contribution < -0.4 is 14.8 Å². The van der Waals surface area contributed by atoms with E-state index >= 15 is 0 Å². The molecule has 2 heterocycles. The molecule has 0 saturated carbocycles. The van der Waals surface area contributed by atoms with Gasteiger partial charge in [-0.25, -0.2) is 8.42 Å². The number of nitrogens with zero attached hydrogens (tertiary/aromatic N) is 1. The Morgan fingerprint density at radius 3 is 2.74 bits per heavy atom. The van der Waals surface area contributed by atoms with E-state index in [4.69, 9.17) is 9.47 Å². The Kier molecular flexibility index (Phi) is 4.20. The van der Waals surface area contributed by atoms with Gasteiger partial charge in [0.2, 0.25) is 15.9 Å². The highest BCUT2D eigenvalue weighted by atomic mass is 32.2. The van der Waals surface area contributed by atoms with Gasteiger partial charge in [-0.2, -0.15) is 4.31 Å². The number of fused-ring (bicyclic) bond motifs is 1. The van der Waals surface area contributed by atoms with Gasteiger partial charge in [0, 0.05) is 37.5 Å². The maximum atomic E-state index is 13.0. The number of amides is 1. The minimum absolute atomic E-state index is 0.00166. The number of carbonyl (C=O) groups is 1. The van der Waals surface area contributed by atoms with Crippen LogP contribution in [0.1, 0.15) is 12.8 Å². The lowest BCUT2D eigenvalue weighted by Crippen LogP contribution is -2.47. The number of rotatable bonds is 4. The van der Waals surface area contributed by atoms with Gasteiger partial charge >= 0.3 is 0 Å². The zero-order valence-electron chi connectivity index (χ0n) is 13.1. The van der Waals surface area contributed by atoms with E-state index in [1.54, 1.807) is 12.1 Å². The number of ether oxygens (including phenoxy) is 2. The Balaban J connectivity index is 1.91. The summed E-state index contributed by atoms with van der Waals surface area (Å²) in [6, 6.07) is 4.79. The summed E-state index contributed by atoms with van der Waals surface area (Å²) in [5.74, 6) is 0.770. The minimum Gasteiger partial charge on any atom is -0.497 e. The van der Waals surface area contributed by atoms with Gasteiger partial charge in [-0.05, 0) is 18.6 Å². The third kappa shape index (κ3) is 2.88. The van der Waals surface area contributed by atoms with Gasteiger partial charge in [0.15, 0.2) is 0 Å². The van der Waals surface area contributed by atoms with Gasteiger partial charge < -0.3 is 14.8 Å². The van der Waals surface area contributed by atoms with Crippen molar-refractivity contribution < 1.29 is 22.7 Å². The first-order valence-corrected chi connectivity index (χ1v) is 8.91. The van der Waals surface area contributed by atoms with E-state index in [9.17, 15) is 13.2 Å². The van der Waals surface area contributed by atoms with Crippen molar-refractivity contribution in [3.8, 4) is 11.5 Å². The molecule has 0 spiro atoms. The van der Waals surface area contributed by atoms with Crippen molar-refractivity contribution in [2.45, 2.75) is 23.8 Å². The summed E-state index contributed by atoms with van der Waals surface area (Å²) in [4.78, 5) is 11.6. The Bertz CT molecular complexity index is 719. The average Bonchev–Trinajstić information content (AvgIpc) is 2.93. The molecule has 3 rings (SSSR count). The van der Waals surface area contributed by atoms with Crippen LogP contribution in [-0.2, 0) is 14.8 Å². The highest BCUT2D eigenvalue weighted by Crippen LogP contribution is 2.34. The lowest BCUT2D eigenvalue weighted by atomic mass is 9.95. The summed E-state index contributed by atoms with van der Waals surface area (Å²) in [7, 11) is -0.782. The quantitative estimate of drug-likeness (QED) is 0.868. The van der Waals surface area contributed by atoms with Crippen molar-refractivity contribution in [2.24, 2.45) is 5.92 Å². The molecule has 2 fully saturated rings. The van der Waals surface area contributed by atoms with Crippen LogP contribution in [0.3, 0.4) is 0 Å². The summed E-state index contributed by atoms with van der Waals surface area (Å²) < 4.78 is 37.7. The number of sulfonamides is 1. The number of nitrogens with one attached hydrogen (secondary N) is 1. The molecular weight excluding hydrogens is 320 g/mol. The number of hydrogen-bond donors (Lipinski definition) is 1. The van der Waals surface area contributed by atoms with Gasteiger partial charge in [0.05, 0.1) is 14.2 Å². The van der Waals surface area contributed by atoms with Crippen LogP contribution in [0.15, 0.2) is 23.1 Å². The van der Waals surface area contributed by atoms with E-state index in [1.165, 1.54) is 24.6 Å². The molecule has 7 nitrogen and oxygen atoms in total. The predicted molar refractivity (Wildman–Crippen MR) is 83.0 cm³/mol. The number of methoxy groups -OCH3 is 2. The molecule has 126 valence electrons. The normalized spacial score (nSPS) is 24.9. The van der Waals surface area contributed by atoms with Gasteiger partial charge in [-0.1, -0.05) is 0 Å². The Morgan fingerprint density at radius 2 is 2.04 bits per heavy atom. The van der Waals surface area contributed by atoms with Gasteiger partial charge in [-0.15, -0.1) is 0 Å². The van der Waals surface area contributed by atoms with Crippen LogP contribution in [-0.4, -0.2) is 52.0 Å². The van der Waals surface area contributed by atoms with Gasteiger partial charge in [0.1, 0.15) is 16.4 Å². The Labute approximate surface area is 135 Å². The topological polar surface area (TPSA) is 84.9 Å². The maximum Gasteiger partial charge on any atom is 0.246 e. The van der Waals surface area contributed by atoms with Crippen LogP contribution in [0.5, 0.6) is 11.5 Å². The minimum atomic E-state index is -3.70. The monoisotopic (exact) mass is 340 g/mol. The zero-order valence-corrected chi connectivity index (χ0v) is 13.9. The van der Waals surface area contributed by atoms with E-state index in [0.29, 0.717) is 31.7 Å². The molecule has 2 atom stereocenters. The van der Waals surface area contributed by atoms with E-state index < -0.39 is 10.0 Å². The average molecular weight is 340 g/mol. The summed E-state index contributed by atoms with van der Waals surface area (Å²) in [5, 5.41) is 2.90. The lowest BCUT2D eigenvalue weighted by molar-refractivity contribution is -0.119. The fourth-order valence-corrected chi connectivity index (χ4v) is 4.92. The molecule has 2 saturated heterocycles. The SMILES string of the molecule is COc1ccc(OC)c(S(=O)(=O)N2CC[C@@H]3NC(=O)C[C@@H]3C2)c1. The molecule has 0 aromatic heterocycles. The van der Waals surface area contributed by atoms with E-state index in [2.05, 4.69) is 5.32 Å². The summed E-state index contributed by atoms with van der Waals surface area (Å²) >= 11 is 0. The summed E-state index contributed by atoms with van der Waals surface area (Å²) in [6.07, 6.45) is 1.01. The number of piperidine rings is 1. The second-order valence-corrected chi connectivity index (χ2v) is 7.71. The molecule has 23 heavy (non-hydrogen) atoms. The fraction of sp³-hybridized carbons (Fsp3) is 0.533. The van der Waals surface area contributed by atoms with E-state index in [-0.39, 0.29) is 28.5 Å². The fourth-order valence-electron chi connectivity index (χ4n) is 3.24. The molecule has 1 amide bonds. The lowest BCUT2D eigenvalue weighted by Gasteiger charge is -2.33. The molecule has 0 unspecified atom stereocenters. The number of carbonyl (C=O) groups excluding carboxylic acids is 1. The second-order valence-electron chi connectivity index (χ2n) is 5.81. The van der Waals surface area contributed by atoms with Crippen molar-refractivity contribution in [1.29, 1.82) is 0 Å². The van der Waals surface area contributed by atoms with Crippen molar-refractivity contribution in [1.82, 2.24) is 9.62 Å². The van der Waals surface area contributed by atoms with Gasteiger partial charge in [0.25, 0.3) is 0 Å². The smallest absolute Gasteiger partial charge is 0.246 e. The molecule has 0 aliphatic carbocycles. The molecule has 1 N–H and O–H groups in total. The standard InChI is InChI=1S/C15H20N2O5S/c1-21-11-3-4-13(22-2)14(8-11)23(19,20)17-6-5-12-10(9-17)7-15(18)16-12/h3-4,8,10,12H,5-7,9H2,1-2H3,(H,16,18)/t10-,12+/m1/s1. The van der Waals surface area contributed by atoms with Crippen LogP contribution in [0.25, 0.3) is 0 Å². The van der Waals surface area contributed by atoms with Crippen molar-refractivity contribution in [3.05, 3.63) is 18.2 Å². The molecule has 8 heteroatoms. The first-order chi connectivity index (χ1) is 11.0. The first kappa shape index (κ1) is 16.1. The Hall–Kier alpha value is -1.80. The van der Waals surface area contributed by atoms with Crippen LogP contribution in [0, 0.1) is 5.92 Å². The van der Waals surface area contributed by atoms with E-state index in [0.717, 1.165) is 0 Å². The predicted octanol–water partition coefficient (Wildman–Crippen LogP) is 0.603. The maximum absolute atomic E-state index is 13.0. The van der Waals surface area contributed by atoms with Crippen molar-refractivity contribution in [3.63, 3.8) is 0 Å². The molecule has 1 aromatic rings. The highest BCUT2D eigenvalue weighted by Gasteiger charge is 2.41. The van der Waals surface area contributed by atoms with Crippen LogP contribution in [0.2, 0.25) is 0 Å². The van der Waals surface area contributed by atoms with Crippen LogP contribution in [0.4, 0.5) is 0 Å². The third-order valence-electron chi connectivity index (χ3n) is 4.48. The third-order valence-corrected chi connectivity index (χ3v) is 6.37. The van der Waals surface area contributed by atoms with Crippen molar-refractivity contribution >= 4 is 15.9 Å². The van der Waals surface area contributed by atoms with Crippen molar-refractivity contribution in [2.75, 3.05) is 27.3 Å². The summed E-state index contributed by atoms with van der Waals surface area (Å²) in [6.45, 7) is 0.719. The number of benzene rings is 1. The highest BCUT2D eigenvalue weighted by molar-refractivity contribution is 7.89. The zero-order chi connectivity index (χ0) is 16.6. The number of hydrogen-bond acceptors (Lipinski definition) is 5. The molecule has 2 aliphatic rings. The molecule has 1 aromatic carbocycles. The molecule has 0 bridgehead atoms.